The van der Waals surface area contributed by atoms with E-state index in [1.165, 1.54) is 6.92 Å². The van der Waals surface area contributed by atoms with Crippen molar-refractivity contribution >= 4 is 23.9 Å². The van der Waals surface area contributed by atoms with Crippen molar-refractivity contribution in [2.24, 2.45) is 17.3 Å². The minimum Gasteiger partial charge on any atom is -0.478 e. The Morgan fingerprint density at radius 1 is 1.22 bits per heavy atom. The van der Waals surface area contributed by atoms with Crippen molar-refractivity contribution in [3.63, 3.8) is 0 Å². The van der Waals surface area contributed by atoms with Crippen LogP contribution in [0.15, 0.2) is 11.6 Å². The van der Waals surface area contributed by atoms with Gasteiger partial charge in [0.2, 0.25) is 0 Å². The molecule has 0 aliphatic heterocycles. The number of carbonyl (C=O) groups excluding carboxylic acids is 3. The molecule has 0 radical (unpaired) electrons. The van der Waals surface area contributed by atoms with E-state index >= 15 is 0 Å². The topological polar surface area (TPSA) is 116 Å². The van der Waals surface area contributed by atoms with Crippen LogP contribution in [0.4, 0.5) is 0 Å². The van der Waals surface area contributed by atoms with Gasteiger partial charge < -0.3 is 19.3 Å². The number of ether oxygens (including phenoxy) is 3. The van der Waals surface area contributed by atoms with Crippen LogP contribution in [-0.2, 0) is 33.4 Å². The maximum Gasteiger partial charge on any atom is 0.328 e. The molecule has 23 heavy (non-hydrogen) atoms. The van der Waals surface area contributed by atoms with Crippen LogP contribution in [-0.4, -0.2) is 49.8 Å². The molecule has 0 unspecified atom stereocenters. The second kappa shape index (κ2) is 7.26. The molecule has 0 amide bonds. The molecule has 8 nitrogen and oxygen atoms in total. The molecular formula is C15H20O8. The van der Waals surface area contributed by atoms with Crippen molar-refractivity contribution in [1.82, 2.24) is 0 Å². The van der Waals surface area contributed by atoms with Crippen molar-refractivity contribution in [2.75, 3.05) is 20.8 Å². The zero-order valence-corrected chi connectivity index (χ0v) is 13.5. The quantitative estimate of drug-likeness (QED) is 0.336. The fraction of sp³-hybridized carbons (Fsp3) is 0.600. The molecule has 0 aromatic rings. The van der Waals surface area contributed by atoms with Crippen LogP contribution in [0.1, 0.15) is 20.3 Å². The van der Waals surface area contributed by atoms with Gasteiger partial charge >= 0.3 is 23.9 Å². The molecule has 0 aromatic heterocycles. The molecule has 0 heterocycles. The molecule has 1 N–H and O–H groups in total. The summed E-state index contributed by atoms with van der Waals surface area (Å²) >= 11 is 0. The van der Waals surface area contributed by atoms with Crippen LogP contribution in [0.2, 0.25) is 0 Å². The van der Waals surface area contributed by atoms with Crippen LogP contribution >= 0.6 is 0 Å². The largest absolute Gasteiger partial charge is 0.478 e. The molecule has 0 bridgehead atoms. The molecule has 1 saturated carbocycles. The summed E-state index contributed by atoms with van der Waals surface area (Å²) in [6.45, 7) is 3.25. The Morgan fingerprint density at radius 2 is 1.74 bits per heavy atom. The Labute approximate surface area is 133 Å². The van der Waals surface area contributed by atoms with Gasteiger partial charge in [0, 0.05) is 12.0 Å². The third-order valence-corrected chi connectivity index (χ3v) is 4.13. The average Bonchev–Trinajstić information content (AvgIpc) is 2.79. The first kappa shape index (κ1) is 18.7. The van der Waals surface area contributed by atoms with E-state index in [0.29, 0.717) is 0 Å². The van der Waals surface area contributed by atoms with Crippen LogP contribution in [0.25, 0.3) is 0 Å². The number of aliphatic carboxylic acids is 1. The van der Waals surface area contributed by atoms with Crippen molar-refractivity contribution in [1.29, 1.82) is 0 Å². The Morgan fingerprint density at radius 3 is 2.13 bits per heavy atom. The maximum absolute atomic E-state index is 12.4. The van der Waals surface area contributed by atoms with Crippen molar-refractivity contribution in [2.45, 2.75) is 20.3 Å². The lowest BCUT2D eigenvalue weighted by Crippen LogP contribution is -2.46. The predicted octanol–water partition coefficient (Wildman–Crippen LogP) is 0.549. The van der Waals surface area contributed by atoms with E-state index in [-0.39, 0.29) is 18.6 Å². The smallest absolute Gasteiger partial charge is 0.328 e. The van der Waals surface area contributed by atoms with Crippen LogP contribution < -0.4 is 0 Å². The van der Waals surface area contributed by atoms with Gasteiger partial charge in [0.1, 0.15) is 0 Å². The Balaban J connectivity index is 3.52. The minimum absolute atomic E-state index is 0.0331. The fourth-order valence-corrected chi connectivity index (χ4v) is 3.07. The molecule has 0 aromatic carbocycles. The molecule has 128 valence electrons. The summed E-state index contributed by atoms with van der Waals surface area (Å²) in [5.41, 5.74) is -2.01. The Kier molecular flexibility index (Phi) is 5.89. The van der Waals surface area contributed by atoms with Gasteiger partial charge in [-0.1, -0.05) is 6.92 Å². The average molecular weight is 328 g/mol. The van der Waals surface area contributed by atoms with Crippen molar-refractivity contribution in [3.8, 4) is 0 Å². The normalized spacial score (nSPS) is 24.1. The highest BCUT2D eigenvalue weighted by Gasteiger charge is 2.63. The number of esters is 3. The second-order valence-corrected chi connectivity index (χ2v) is 5.15. The third-order valence-electron chi connectivity index (χ3n) is 4.13. The van der Waals surface area contributed by atoms with Crippen molar-refractivity contribution < 1.29 is 38.5 Å². The van der Waals surface area contributed by atoms with Gasteiger partial charge in [-0.05, 0) is 18.9 Å². The zero-order valence-electron chi connectivity index (χ0n) is 13.5. The van der Waals surface area contributed by atoms with E-state index in [2.05, 4.69) is 0 Å². The summed E-state index contributed by atoms with van der Waals surface area (Å²) in [6.07, 6.45) is 0.653. The molecule has 1 rings (SSSR count). The highest BCUT2D eigenvalue weighted by molar-refractivity contribution is 6.06. The lowest BCUT2D eigenvalue weighted by Gasteiger charge is -2.30. The molecule has 0 spiro atoms. The zero-order chi connectivity index (χ0) is 17.8. The monoisotopic (exact) mass is 328 g/mol. The first-order valence-electron chi connectivity index (χ1n) is 7.04. The SMILES string of the molecule is CCOC(=O)[C@H]1C/C(=C\C(=O)O)C(C(=O)OC)(C(=O)OC)[C@@H]1C. The summed E-state index contributed by atoms with van der Waals surface area (Å²) in [6, 6.07) is 0. The number of hydrogen-bond donors (Lipinski definition) is 1. The number of carboxylic acids is 1. The van der Waals surface area contributed by atoms with Crippen LogP contribution in [0, 0.1) is 17.3 Å². The van der Waals surface area contributed by atoms with Crippen LogP contribution in [0.5, 0.6) is 0 Å². The summed E-state index contributed by atoms with van der Waals surface area (Å²) < 4.78 is 14.4. The first-order chi connectivity index (χ1) is 10.8. The van der Waals surface area contributed by atoms with Crippen LogP contribution in [0.3, 0.4) is 0 Å². The van der Waals surface area contributed by atoms with E-state index in [4.69, 9.17) is 19.3 Å². The van der Waals surface area contributed by atoms with Gasteiger partial charge in [0.05, 0.1) is 26.7 Å². The lowest BCUT2D eigenvalue weighted by molar-refractivity contribution is -0.169. The highest BCUT2D eigenvalue weighted by Crippen LogP contribution is 2.52. The number of carboxylic acid groups (broad SMARTS) is 1. The summed E-state index contributed by atoms with van der Waals surface area (Å²) in [5.74, 6) is -5.59. The number of hydrogen-bond acceptors (Lipinski definition) is 7. The summed E-state index contributed by atoms with van der Waals surface area (Å²) in [5, 5.41) is 9.03. The van der Waals surface area contributed by atoms with Gasteiger partial charge in [0.15, 0.2) is 5.41 Å². The van der Waals surface area contributed by atoms with E-state index in [1.54, 1.807) is 6.92 Å². The standard InChI is InChI=1S/C15H20O8/c1-5-23-12(18)10-6-9(7-11(16)17)15(8(10)2,13(19)21-3)14(20)22-4/h7-8,10H,5-6H2,1-4H3,(H,16,17)/b9-7+/t8-,10+/m1/s1. The molecule has 1 fully saturated rings. The van der Waals surface area contributed by atoms with Gasteiger partial charge in [-0.3, -0.25) is 14.4 Å². The lowest BCUT2D eigenvalue weighted by atomic mass is 9.74. The molecule has 1 aliphatic carbocycles. The third kappa shape index (κ3) is 3.06. The van der Waals surface area contributed by atoms with Gasteiger partial charge in [-0.15, -0.1) is 0 Å². The van der Waals surface area contributed by atoms with Gasteiger partial charge in [-0.25, -0.2) is 4.79 Å². The van der Waals surface area contributed by atoms with Gasteiger partial charge in [-0.2, -0.15) is 0 Å². The van der Waals surface area contributed by atoms with E-state index in [9.17, 15) is 19.2 Å². The van der Waals surface area contributed by atoms with E-state index in [0.717, 1.165) is 20.3 Å². The maximum atomic E-state index is 12.4. The van der Waals surface area contributed by atoms with E-state index in [1.807, 2.05) is 0 Å². The number of methoxy groups -OCH3 is 2. The first-order valence-corrected chi connectivity index (χ1v) is 7.04. The molecular weight excluding hydrogens is 308 g/mol. The van der Waals surface area contributed by atoms with Gasteiger partial charge in [0.25, 0.3) is 0 Å². The Bertz CT molecular complexity index is 532. The fourth-order valence-electron chi connectivity index (χ4n) is 3.07. The number of carbonyl (C=O) groups is 4. The summed E-state index contributed by atoms with van der Waals surface area (Å²) in [7, 11) is 2.16. The number of rotatable bonds is 5. The minimum atomic E-state index is -1.97. The Hall–Kier alpha value is -2.38. The molecule has 0 saturated heterocycles. The summed E-state index contributed by atoms with van der Waals surface area (Å²) in [4.78, 5) is 47.9. The molecule has 1 aliphatic rings. The predicted molar refractivity (Wildman–Crippen MR) is 76.1 cm³/mol. The van der Waals surface area contributed by atoms with Crippen molar-refractivity contribution in [3.05, 3.63) is 11.6 Å². The molecule has 2 atom stereocenters. The molecule has 8 heteroatoms. The second-order valence-electron chi connectivity index (χ2n) is 5.15. The highest BCUT2D eigenvalue weighted by atomic mass is 16.5. The van der Waals surface area contributed by atoms with E-state index < -0.39 is 41.1 Å².